The standard InChI is InChI=1S/C14H11FN2O2/c1-18-14-7-11(4-5-13(14)17)19-10-3-2-9(8-16)12(15)6-10/h2-7H,17H2,1H3. The van der Waals surface area contributed by atoms with Gasteiger partial charge in [-0.3, -0.25) is 0 Å². The molecule has 2 aromatic carbocycles. The van der Waals surface area contributed by atoms with Gasteiger partial charge in [-0.25, -0.2) is 4.39 Å². The van der Waals surface area contributed by atoms with Crippen LogP contribution in [0.4, 0.5) is 10.1 Å². The normalized spacial score (nSPS) is 9.74. The van der Waals surface area contributed by atoms with Crippen LogP contribution in [0.15, 0.2) is 36.4 Å². The van der Waals surface area contributed by atoms with E-state index in [2.05, 4.69) is 0 Å². The van der Waals surface area contributed by atoms with Crippen molar-refractivity contribution in [2.24, 2.45) is 0 Å². The van der Waals surface area contributed by atoms with Crippen molar-refractivity contribution >= 4 is 5.69 Å². The van der Waals surface area contributed by atoms with Crippen LogP contribution >= 0.6 is 0 Å². The summed E-state index contributed by atoms with van der Waals surface area (Å²) in [6, 6.07) is 10.7. The molecule has 0 amide bonds. The van der Waals surface area contributed by atoms with Crippen LogP contribution in [0.2, 0.25) is 0 Å². The van der Waals surface area contributed by atoms with Crippen molar-refractivity contribution in [2.75, 3.05) is 12.8 Å². The molecule has 0 aliphatic carbocycles. The highest BCUT2D eigenvalue weighted by atomic mass is 19.1. The fourth-order valence-corrected chi connectivity index (χ4v) is 1.54. The molecule has 0 aliphatic heterocycles. The summed E-state index contributed by atoms with van der Waals surface area (Å²) in [6.07, 6.45) is 0. The van der Waals surface area contributed by atoms with E-state index < -0.39 is 5.82 Å². The number of nitrogen functional groups attached to an aromatic ring is 1. The maximum atomic E-state index is 13.4. The van der Waals surface area contributed by atoms with Crippen LogP contribution < -0.4 is 15.2 Å². The number of ether oxygens (including phenoxy) is 2. The number of hydrogen-bond donors (Lipinski definition) is 1. The lowest BCUT2D eigenvalue weighted by atomic mass is 10.2. The number of nitrogens with zero attached hydrogens (tertiary/aromatic N) is 1. The predicted molar refractivity (Wildman–Crippen MR) is 68.6 cm³/mol. The molecule has 96 valence electrons. The van der Waals surface area contributed by atoms with Gasteiger partial charge in [0.15, 0.2) is 0 Å². The predicted octanol–water partition coefficient (Wildman–Crippen LogP) is 3.08. The molecule has 0 spiro atoms. The minimum absolute atomic E-state index is 0.0257. The Balaban J connectivity index is 2.26. The minimum atomic E-state index is -0.623. The van der Waals surface area contributed by atoms with E-state index in [1.807, 2.05) is 0 Å². The van der Waals surface area contributed by atoms with Crippen LogP contribution in [0, 0.1) is 17.1 Å². The van der Waals surface area contributed by atoms with Crippen LogP contribution in [0.5, 0.6) is 17.2 Å². The largest absolute Gasteiger partial charge is 0.494 e. The fourth-order valence-electron chi connectivity index (χ4n) is 1.54. The lowest BCUT2D eigenvalue weighted by Crippen LogP contribution is -1.93. The van der Waals surface area contributed by atoms with E-state index in [0.29, 0.717) is 22.9 Å². The summed E-state index contributed by atoms with van der Waals surface area (Å²) in [5.41, 5.74) is 6.14. The highest BCUT2D eigenvalue weighted by Gasteiger charge is 2.06. The van der Waals surface area contributed by atoms with E-state index in [-0.39, 0.29) is 5.56 Å². The lowest BCUT2D eigenvalue weighted by molar-refractivity contribution is 0.411. The van der Waals surface area contributed by atoms with E-state index in [4.69, 9.17) is 20.5 Å². The van der Waals surface area contributed by atoms with Gasteiger partial charge in [0.1, 0.15) is 29.1 Å². The van der Waals surface area contributed by atoms with E-state index in [1.165, 1.54) is 19.2 Å². The molecule has 0 heterocycles. The maximum Gasteiger partial charge on any atom is 0.145 e. The average molecular weight is 258 g/mol. The smallest absolute Gasteiger partial charge is 0.145 e. The van der Waals surface area contributed by atoms with E-state index in [1.54, 1.807) is 24.3 Å². The number of nitrogens with two attached hydrogens (primary N) is 1. The summed E-state index contributed by atoms with van der Waals surface area (Å²) in [5.74, 6) is 0.618. The van der Waals surface area contributed by atoms with Crippen molar-refractivity contribution in [3.05, 3.63) is 47.8 Å². The zero-order chi connectivity index (χ0) is 13.8. The van der Waals surface area contributed by atoms with Crippen LogP contribution in [0.3, 0.4) is 0 Å². The van der Waals surface area contributed by atoms with Gasteiger partial charge in [-0.15, -0.1) is 0 Å². The first-order valence-electron chi connectivity index (χ1n) is 5.45. The van der Waals surface area contributed by atoms with Crippen molar-refractivity contribution in [1.82, 2.24) is 0 Å². The summed E-state index contributed by atoms with van der Waals surface area (Å²) in [4.78, 5) is 0. The molecular weight excluding hydrogens is 247 g/mol. The molecule has 2 N–H and O–H groups in total. The molecule has 0 saturated carbocycles. The highest BCUT2D eigenvalue weighted by Crippen LogP contribution is 2.30. The zero-order valence-corrected chi connectivity index (χ0v) is 10.2. The van der Waals surface area contributed by atoms with Gasteiger partial charge in [-0.1, -0.05) is 0 Å². The second-order valence-electron chi connectivity index (χ2n) is 3.76. The summed E-state index contributed by atoms with van der Waals surface area (Å²) in [7, 11) is 1.50. The van der Waals surface area contributed by atoms with Gasteiger partial charge < -0.3 is 15.2 Å². The molecule has 0 radical (unpaired) electrons. The molecule has 0 unspecified atom stereocenters. The van der Waals surface area contributed by atoms with Crippen molar-refractivity contribution in [3.8, 4) is 23.3 Å². The zero-order valence-electron chi connectivity index (χ0n) is 10.2. The molecule has 0 aromatic heterocycles. The molecule has 0 saturated heterocycles. The molecule has 0 fully saturated rings. The average Bonchev–Trinajstić information content (AvgIpc) is 2.41. The number of rotatable bonds is 3. The maximum absolute atomic E-state index is 13.4. The Hall–Kier alpha value is -2.74. The van der Waals surface area contributed by atoms with Crippen LogP contribution in [0.25, 0.3) is 0 Å². The minimum Gasteiger partial charge on any atom is -0.494 e. The summed E-state index contributed by atoms with van der Waals surface area (Å²) >= 11 is 0. The number of halogens is 1. The van der Waals surface area contributed by atoms with E-state index in [9.17, 15) is 4.39 Å². The Morgan fingerprint density at radius 1 is 1.16 bits per heavy atom. The molecular formula is C14H11FN2O2. The molecule has 0 atom stereocenters. The van der Waals surface area contributed by atoms with Gasteiger partial charge in [0.05, 0.1) is 18.4 Å². The SMILES string of the molecule is COc1cc(Oc2ccc(C#N)c(F)c2)ccc1N. The fraction of sp³-hybridized carbons (Fsp3) is 0.0714. The third-order valence-corrected chi connectivity index (χ3v) is 2.50. The van der Waals surface area contributed by atoms with Crippen LogP contribution in [0.1, 0.15) is 5.56 Å². The number of hydrogen-bond acceptors (Lipinski definition) is 4. The van der Waals surface area contributed by atoms with Crippen LogP contribution in [-0.4, -0.2) is 7.11 Å². The Kier molecular flexibility index (Phi) is 3.53. The molecule has 0 aliphatic rings. The number of nitriles is 1. The molecule has 2 rings (SSSR count). The Morgan fingerprint density at radius 2 is 1.84 bits per heavy atom. The van der Waals surface area contributed by atoms with Crippen molar-refractivity contribution in [2.45, 2.75) is 0 Å². The Bertz CT molecular complexity index is 641. The van der Waals surface area contributed by atoms with Gasteiger partial charge in [-0.2, -0.15) is 5.26 Å². The van der Waals surface area contributed by atoms with E-state index >= 15 is 0 Å². The van der Waals surface area contributed by atoms with Gasteiger partial charge in [0.25, 0.3) is 0 Å². The molecule has 0 bridgehead atoms. The second-order valence-corrected chi connectivity index (χ2v) is 3.76. The molecule has 19 heavy (non-hydrogen) atoms. The summed E-state index contributed by atoms with van der Waals surface area (Å²) in [5, 5.41) is 8.64. The lowest BCUT2D eigenvalue weighted by Gasteiger charge is -2.09. The first-order chi connectivity index (χ1) is 9.13. The van der Waals surface area contributed by atoms with Crippen molar-refractivity contribution in [3.63, 3.8) is 0 Å². The summed E-state index contributed by atoms with van der Waals surface area (Å²) in [6.45, 7) is 0. The topological polar surface area (TPSA) is 68.3 Å². The first kappa shape index (κ1) is 12.7. The van der Waals surface area contributed by atoms with Crippen LogP contribution in [-0.2, 0) is 0 Å². The molecule has 4 nitrogen and oxygen atoms in total. The number of methoxy groups -OCH3 is 1. The van der Waals surface area contributed by atoms with Crippen molar-refractivity contribution < 1.29 is 13.9 Å². The quantitative estimate of drug-likeness (QED) is 0.859. The Morgan fingerprint density at radius 3 is 2.47 bits per heavy atom. The monoisotopic (exact) mass is 258 g/mol. The Labute approximate surface area is 109 Å². The second kappa shape index (κ2) is 5.27. The van der Waals surface area contributed by atoms with Gasteiger partial charge in [0, 0.05) is 12.1 Å². The number of anilines is 1. The highest BCUT2D eigenvalue weighted by molar-refractivity contribution is 5.56. The van der Waals surface area contributed by atoms with Gasteiger partial charge in [-0.05, 0) is 24.3 Å². The number of benzene rings is 2. The van der Waals surface area contributed by atoms with Gasteiger partial charge in [0.2, 0.25) is 0 Å². The third kappa shape index (κ3) is 2.75. The molecule has 5 heteroatoms. The first-order valence-corrected chi connectivity index (χ1v) is 5.45. The van der Waals surface area contributed by atoms with Gasteiger partial charge >= 0.3 is 0 Å². The third-order valence-electron chi connectivity index (χ3n) is 2.50. The summed E-state index contributed by atoms with van der Waals surface area (Å²) < 4.78 is 23.9. The van der Waals surface area contributed by atoms with E-state index in [0.717, 1.165) is 6.07 Å². The van der Waals surface area contributed by atoms with Crippen molar-refractivity contribution in [1.29, 1.82) is 5.26 Å². The molecule has 2 aromatic rings.